The van der Waals surface area contributed by atoms with Crippen molar-refractivity contribution in [3.63, 3.8) is 0 Å². The molecule has 1 heterocycles. The van der Waals surface area contributed by atoms with Crippen LogP contribution in [-0.4, -0.2) is 16.5 Å². The van der Waals surface area contributed by atoms with Gasteiger partial charge < -0.3 is 10.1 Å². The van der Waals surface area contributed by atoms with Crippen LogP contribution in [0.3, 0.4) is 0 Å². The SMILES string of the molecule is CC1(C)CC(=O)C2=C(C1)NC1=C(C(=O)CC(C)(C)C1)C2c1ccc(OCc2ccc([N+](=O)[O-])cc2)c(Br)c1. The second kappa shape index (κ2) is 9.49. The summed E-state index contributed by atoms with van der Waals surface area (Å²) in [6.07, 6.45) is 2.41. The third kappa shape index (κ3) is 5.06. The minimum atomic E-state index is -0.432. The first-order valence-corrected chi connectivity index (χ1v) is 13.6. The summed E-state index contributed by atoms with van der Waals surface area (Å²) in [7, 11) is 0. The van der Waals surface area contributed by atoms with Crippen LogP contribution >= 0.6 is 15.9 Å². The zero-order valence-electron chi connectivity index (χ0n) is 22.0. The molecule has 0 unspecified atom stereocenters. The lowest BCUT2D eigenvalue weighted by molar-refractivity contribution is -0.384. The molecule has 8 heteroatoms. The van der Waals surface area contributed by atoms with Gasteiger partial charge in [-0.1, -0.05) is 33.8 Å². The first-order valence-electron chi connectivity index (χ1n) is 12.8. The van der Waals surface area contributed by atoms with Gasteiger partial charge >= 0.3 is 0 Å². The maximum atomic E-state index is 13.5. The number of nitrogens with zero attached hydrogens (tertiary/aromatic N) is 1. The van der Waals surface area contributed by atoms with E-state index in [4.69, 9.17) is 4.74 Å². The number of rotatable bonds is 5. The first-order chi connectivity index (χ1) is 17.8. The van der Waals surface area contributed by atoms with Crippen LogP contribution in [0.5, 0.6) is 5.75 Å². The van der Waals surface area contributed by atoms with Gasteiger partial charge in [-0.2, -0.15) is 0 Å². The van der Waals surface area contributed by atoms with E-state index in [1.807, 2.05) is 18.2 Å². The monoisotopic (exact) mass is 578 g/mol. The number of ether oxygens (including phenoxy) is 1. The van der Waals surface area contributed by atoms with Gasteiger partial charge in [0.2, 0.25) is 0 Å². The van der Waals surface area contributed by atoms with Gasteiger partial charge in [-0.25, -0.2) is 0 Å². The van der Waals surface area contributed by atoms with Crippen LogP contribution in [-0.2, 0) is 16.2 Å². The predicted octanol–water partition coefficient (Wildman–Crippen LogP) is 6.91. The van der Waals surface area contributed by atoms with Gasteiger partial charge in [0.1, 0.15) is 12.4 Å². The van der Waals surface area contributed by atoms with Gasteiger partial charge in [-0.15, -0.1) is 0 Å². The topological polar surface area (TPSA) is 98.5 Å². The first kappa shape index (κ1) is 26.4. The Kier molecular flexibility index (Phi) is 6.58. The largest absolute Gasteiger partial charge is 0.488 e. The number of nitro groups is 1. The van der Waals surface area contributed by atoms with Gasteiger partial charge in [0.15, 0.2) is 11.6 Å². The van der Waals surface area contributed by atoms with Crippen molar-refractivity contribution >= 4 is 33.2 Å². The molecule has 0 bridgehead atoms. The molecule has 1 N–H and O–H groups in total. The molecule has 3 aliphatic rings. The second-order valence-corrected chi connectivity index (χ2v) is 13.0. The van der Waals surface area contributed by atoms with E-state index in [9.17, 15) is 19.7 Å². The number of dihydropyridines is 1. The Hall–Kier alpha value is -3.26. The average molecular weight is 579 g/mol. The number of nitrogens with one attached hydrogen (secondary N) is 1. The van der Waals surface area contributed by atoms with E-state index in [1.165, 1.54) is 12.1 Å². The van der Waals surface area contributed by atoms with Crippen LogP contribution in [0.2, 0.25) is 0 Å². The summed E-state index contributed by atoms with van der Waals surface area (Å²) in [4.78, 5) is 37.5. The molecule has 0 spiro atoms. The Morgan fingerprint density at radius 2 is 1.47 bits per heavy atom. The van der Waals surface area contributed by atoms with Crippen molar-refractivity contribution in [1.29, 1.82) is 0 Å². The third-order valence-corrected chi connectivity index (χ3v) is 8.17. The number of non-ortho nitro benzene ring substituents is 1. The Morgan fingerprint density at radius 3 is 1.97 bits per heavy atom. The van der Waals surface area contributed by atoms with Crippen molar-refractivity contribution in [2.75, 3.05) is 0 Å². The van der Waals surface area contributed by atoms with Gasteiger partial charge in [0, 0.05) is 53.4 Å². The molecular weight excluding hydrogens is 548 g/mol. The number of hydrogen-bond acceptors (Lipinski definition) is 6. The van der Waals surface area contributed by atoms with Crippen molar-refractivity contribution in [2.24, 2.45) is 10.8 Å². The molecule has 0 aromatic heterocycles. The third-order valence-electron chi connectivity index (χ3n) is 7.55. The predicted molar refractivity (Wildman–Crippen MR) is 148 cm³/mol. The number of Topliss-reactive ketones (excluding diaryl/α,β-unsaturated/α-hetero) is 2. The van der Waals surface area contributed by atoms with Crippen molar-refractivity contribution in [3.8, 4) is 5.75 Å². The van der Waals surface area contributed by atoms with E-state index < -0.39 is 10.8 Å². The Bertz CT molecular complexity index is 1370. The number of carbonyl (C=O) groups is 2. The molecule has 198 valence electrons. The van der Waals surface area contributed by atoms with Crippen molar-refractivity contribution < 1.29 is 19.2 Å². The molecule has 5 rings (SSSR count). The highest BCUT2D eigenvalue weighted by molar-refractivity contribution is 9.10. The van der Waals surface area contributed by atoms with E-state index in [-0.39, 0.29) is 34.7 Å². The highest BCUT2D eigenvalue weighted by Crippen LogP contribution is 2.51. The van der Waals surface area contributed by atoms with Crippen molar-refractivity contribution in [1.82, 2.24) is 5.32 Å². The molecule has 38 heavy (non-hydrogen) atoms. The summed E-state index contributed by atoms with van der Waals surface area (Å²) in [5.74, 6) is 0.380. The van der Waals surface area contributed by atoms with E-state index in [0.717, 1.165) is 35.4 Å². The second-order valence-electron chi connectivity index (χ2n) is 12.1. The van der Waals surface area contributed by atoms with Gasteiger partial charge in [-0.3, -0.25) is 19.7 Å². The molecule has 0 saturated heterocycles. The molecule has 0 amide bonds. The number of benzene rings is 2. The molecule has 1 aliphatic heterocycles. The normalized spacial score (nSPS) is 20.6. The highest BCUT2D eigenvalue weighted by Gasteiger charge is 2.46. The fourth-order valence-electron chi connectivity index (χ4n) is 5.91. The van der Waals surface area contributed by atoms with E-state index in [2.05, 4.69) is 48.9 Å². The number of hydrogen-bond donors (Lipinski definition) is 1. The lowest BCUT2D eigenvalue weighted by atomic mass is 9.64. The van der Waals surface area contributed by atoms with Crippen LogP contribution in [0, 0.1) is 20.9 Å². The summed E-state index contributed by atoms with van der Waals surface area (Å²) in [5.41, 5.74) is 4.73. The Morgan fingerprint density at radius 1 is 0.921 bits per heavy atom. The molecule has 2 aliphatic carbocycles. The summed E-state index contributed by atoms with van der Waals surface area (Å²) >= 11 is 3.63. The number of carbonyl (C=O) groups excluding carboxylic acids is 2. The maximum Gasteiger partial charge on any atom is 0.269 e. The number of allylic oxidation sites excluding steroid dienone is 4. The van der Waals surface area contributed by atoms with Crippen LogP contribution in [0.25, 0.3) is 0 Å². The smallest absolute Gasteiger partial charge is 0.269 e. The van der Waals surface area contributed by atoms with E-state index >= 15 is 0 Å². The standard InChI is InChI=1S/C30H31BrN2O5/c1-29(2)12-21-27(23(34)14-29)26(28-22(32-21)13-30(3,4)15-24(28)35)18-7-10-25(20(31)11-18)38-16-17-5-8-19(9-6-17)33(36)37/h5-11,26,32H,12-16H2,1-4H3. The van der Waals surface area contributed by atoms with Gasteiger partial charge in [0.05, 0.1) is 9.40 Å². The minimum Gasteiger partial charge on any atom is -0.488 e. The molecule has 0 saturated carbocycles. The number of nitro benzene ring substituents is 1. The zero-order valence-corrected chi connectivity index (χ0v) is 23.6. The zero-order chi connectivity index (χ0) is 27.4. The quantitative estimate of drug-likeness (QED) is 0.305. The Balaban J connectivity index is 1.48. The number of halogens is 1. The Labute approximate surface area is 230 Å². The van der Waals surface area contributed by atoms with Crippen LogP contribution < -0.4 is 10.1 Å². The minimum absolute atomic E-state index is 0.0323. The molecule has 0 radical (unpaired) electrons. The van der Waals surface area contributed by atoms with Gasteiger partial charge in [-0.05, 0) is 75.0 Å². The summed E-state index contributed by atoms with van der Waals surface area (Å²) < 4.78 is 6.70. The van der Waals surface area contributed by atoms with Gasteiger partial charge in [0.25, 0.3) is 5.69 Å². The van der Waals surface area contributed by atoms with E-state index in [1.54, 1.807) is 12.1 Å². The molecule has 2 aromatic carbocycles. The highest BCUT2D eigenvalue weighted by atomic mass is 79.9. The van der Waals surface area contributed by atoms with Crippen LogP contribution in [0.15, 0.2) is 69.5 Å². The summed E-state index contributed by atoms with van der Waals surface area (Å²) in [6, 6.07) is 12.0. The van der Waals surface area contributed by atoms with E-state index in [0.29, 0.717) is 34.2 Å². The summed E-state index contributed by atoms with van der Waals surface area (Å²) in [5, 5.41) is 14.4. The van der Waals surface area contributed by atoms with Crippen molar-refractivity contribution in [2.45, 2.75) is 65.9 Å². The maximum absolute atomic E-state index is 13.5. The number of ketones is 2. The fraction of sp³-hybridized carbons (Fsp3) is 0.400. The molecular formula is C30H31BrN2O5. The molecule has 0 fully saturated rings. The lowest BCUT2D eigenvalue weighted by Crippen LogP contribution is -2.42. The molecule has 7 nitrogen and oxygen atoms in total. The van der Waals surface area contributed by atoms with Crippen LogP contribution in [0.1, 0.15) is 70.4 Å². The van der Waals surface area contributed by atoms with Crippen LogP contribution in [0.4, 0.5) is 5.69 Å². The molecule has 2 aromatic rings. The lowest BCUT2D eigenvalue weighted by Gasteiger charge is -2.44. The molecule has 0 atom stereocenters. The van der Waals surface area contributed by atoms with Crippen molar-refractivity contribution in [3.05, 3.63) is 90.7 Å². The average Bonchev–Trinajstić information content (AvgIpc) is 2.80. The fourth-order valence-corrected chi connectivity index (χ4v) is 6.42. The summed E-state index contributed by atoms with van der Waals surface area (Å²) in [6.45, 7) is 8.69.